The average molecular weight is 425 g/mol. The van der Waals surface area contributed by atoms with Gasteiger partial charge in [0, 0.05) is 25.2 Å². The quantitative estimate of drug-likeness (QED) is 0.502. The van der Waals surface area contributed by atoms with Gasteiger partial charge in [0.15, 0.2) is 0 Å². The van der Waals surface area contributed by atoms with Crippen molar-refractivity contribution in [3.05, 3.63) is 118 Å². The highest BCUT2D eigenvalue weighted by atomic mass is 16.2. The molecule has 2 N–H and O–H groups in total. The lowest BCUT2D eigenvalue weighted by atomic mass is 10.1. The van der Waals surface area contributed by atoms with Crippen LogP contribution in [0.5, 0.6) is 0 Å². The molecule has 4 heteroatoms. The van der Waals surface area contributed by atoms with Crippen LogP contribution in [0.1, 0.15) is 33.4 Å². The van der Waals surface area contributed by atoms with E-state index in [-0.39, 0.29) is 11.8 Å². The monoisotopic (exact) mass is 424 g/mol. The third kappa shape index (κ3) is 7.73. The predicted molar refractivity (Wildman–Crippen MR) is 131 cm³/mol. The van der Waals surface area contributed by atoms with Crippen molar-refractivity contribution < 1.29 is 9.59 Å². The van der Waals surface area contributed by atoms with E-state index in [4.69, 9.17) is 0 Å². The molecule has 0 fully saturated rings. The van der Waals surface area contributed by atoms with Crippen LogP contribution < -0.4 is 10.6 Å². The smallest absolute Gasteiger partial charge is 0.244 e. The molecule has 0 heterocycles. The van der Waals surface area contributed by atoms with Gasteiger partial charge in [0.1, 0.15) is 0 Å². The van der Waals surface area contributed by atoms with Crippen LogP contribution in [0, 0.1) is 13.8 Å². The largest absolute Gasteiger partial charge is 0.348 e. The fraction of sp³-hybridized carbons (Fsp3) is 0.143. The van der Waals surface area contributed by atoms with Gasteiger partial charge in [-0.05, 0) is 48.3 Å². The number of nitrogens with one attached hydrogen (secondary N) is 2. The summed E-state index contributed by atoms with van der Waals surface area (Å²) in [7, 11) is 0. The van der Waals surface area contributed by atoms with E-state index in [2.05, 4.69) is 10.6 Å². The fourth-order valence-electron chi connectivity index (χ4n) is 3.04. The SMILES string of the molecule is Cc1ccc(/C=C\C(=O)NCc2cccc(CNC(=O)/C=C/c3ccc(C)cc3)c2)cc1. The van der Waals surface area contributed by atoms with Crippen molar-refractivity contribution in [3.63, 3.8) is 0 Å². The summed E-state index contributed by atoms with van der Waals surface area (Å²) >= 11 is 0. The molecule has 4 nitrogen and oxygen atoms in total. The molecule has 0 unspecified atom stereocenters. The minimum atomic E-state index is -0.148. The van der Waals surface area contributed by atoms with Crippen LogP contribution in [0.3, 0.4) is 0 Å². The molecule has 0 saturated carbocycles. The highest BCUT2D eigenvalue weighted by Gasteiger charge is 2.01. The van der Waals surface area contributed by atoms with E-state index in [0.717, 1.165) is 22.3 Å². The maximum absolute atomic E-state index is 12.1. The summed E-state index contributed by atoms with van der Waals surface area (Å²) in [6, 6.07) is 23.8. The molecule has 0 aliphatic heterocycles. The Hall–Kier alpha value is -3.92. The van der Waals surface area contributed by atoms with E-state index in [1.165, 1.54) is 23.3 Å². The van der Waals surface area contributed by atoms with Crippen molar-refractivity contribution in [1.82, 2.24) is 10.6 Å². The molecule has 32 heavy (non-hydrogen) atoms. The molecule has 0 radical (unpaired) electrons. The van der Waals surface area contributed by atoms with E-state index >= 15 is 0 Å². The molecule has 0 aliphatic carbocycles. The second-order valence-corrected chi connectivity index (χ2v) is 7.74. The Morgan fingerprint density at radius 1 is 0.656 bits per heavy atom. The van der Waals surface area contributed by atoms with Gasteiger partial charge in [0.05, 0.1) is 0 Å². The second kappa shape index (κ2) is 11.5. The number of aryl methyl sites for hydroxylation is 2. The fourth-order valence-corrected chi connectivity index (χ4v) is 3.04. The molecule has 0 bridgehead atoms. The lowest BCUT2D eigenvalue weighted by Gasteiger charge is -2.07. The van der Waals surface area contributed by atoms with Gasteiger partial charge >= 0.3 is 0 Å². The molecule has 0 atom stereocenters. The number of hydrogen-bond acceptors (Lipinski definition) is 2. The zero-order valence-corrected chi connectivity index (χ0v) is 18.5. The molecule has 162 valence electrons. The number of hydrogen-bond donors (Lipinski definition) is 2. The maximum Gasteiger partial charge on any atom is 0.244 e. The topological polar surface area (TPSA) is 58.2 Å². The summed E-state index contributed by atoms with van der Waals surface area (Å²) in [6.07, 6.45) is 6.67. The molecule has 3 rings (SSSR count). The minimum Gasteiger partial charge on any atom is -0.348 e. The van der Waals surface area contributed by atoms with Crippen LogP contribution in [-0.2, 0) is 22.7 Å². The van der Waals surface area contributed by atoms with Crippen LogP contribution in [-0.4, -0.2) is 11.8 Å². The number of amides is 2. The summed E-state index contributed by atoms with van der Waals surface area (Å²) in [5, 5.41) is 5.78. The Labute approximate surface area is 189 Å². The third-order valence-corrected chi connectivity index (χ3v) is 4.93. The third-order valence-electron chi connectivity index (χ3n) is 4.93. The van der Waals surface area contributed by atoms with E-state index in [1.54, 1.807) is 12.2 Å². The van der Waals surface area contributed by atoms with Gasteiger partial charge < -0.3 is 10.6 Å². The molecule has 0 aliphatic rings. The summed E-state index contributed by atoms with van der Waals surface area (Å²) in [5.74, 6) is -0.295. The van der Waals surface area contributed by atoms with Gasteiger partial charge in [0.2, 0.25) is 11.8 Å². The summed E-state index contributed by atoms with van der Waals surface area (Å²) < 4.78 is 0. The van der Waals surface area contributed by atoms with Crippen LogP contribution >= 0.6 is 0 Å². The van der Waals surface area contributed by atoms with E-state index < -0.39 is 0 Å². The van der Waals surface area contributed by atoms with Crippen molar-refractivity contribution in [3.8, 4) is 0 Å². The Morgan fingerprint density at radius 2 is 1.06 bits per heavy atom. The van der Waals surface area contributed by atoms with Crippen molar-refractivity contribution >= 4 is 24.0 Å². The standard InChI is InChI=1S/C28H28N2O2/c1-21-6-10-23(11-7-21)14-16-27(31)29-19-25-4-3-5-26(18-25)20-30-28(32)17-15-24-12-8-22(2)9-13-24/h3-18H,19-20H2,1-2H3,(H,29,31)(H,30,32)/b16-14-,17-15+. The van der Waals surface area contributed by atoms with E-state index in [1.807, 2.05) is 86.6 Å². The van der Waals surface area contributed by atoms with E-state index in [9.17, 15) is 9.59 Å². The highest BCUT2D eigenvalue weighted by Crippen LogP contribution is 2.07. The first-order chi connectivity index (χ1) is 15.5. The van der Waals surface area contributed by atoms with Crippen molar-refractivity contribution in [2.24, 2.45) is 0 Å². The lowest BCUT2D eigenvalue weighted by Crippen LogP contribution is -2.21. The van der Waals surface area contributed by atoms with Crippen LogP contribution in [0.2, 0.25) is 0 Å². The summed E-state index contributed by atoms with van der Waals surface area (Å²) in [5.41, 5.74) is 6.29. The molecule has 2 amide bonds. The van der Waals surface area contributed by atoms with E-state index in [0.29, 0.717) is 13.1 Å². The zero-order chi connectivity index (χ0) is 22.8. The first kappa shape index (κ1) is 22.8. The number of carbonyl (C=O) groups excluding carboxylic acids is 2. The number of rotatable bonds is 8. The Morgan fingerprint density at radius 3 is 1.47 bits per heavy atom. The van der Waals surface area contributed by atoms with Gasteiger partial charge in [-0.3, -0.25) is 9.59 Å². The second-order valence-electron chi connectivity index (χ2n) is 7.74. The Kier molecular flexibility index (Phi) is 8.15. The molecule has 0 spiro atoms. The van der Waals surface area contributed by atoms with Gasteiger partial charge in [-0.2, -0.15) is 0 Å². The van der Waals surface area contributed by atoms with Crippen LogP contribution in [0.15, 0.2) is 84.9 Å². The molecule has 3 aromatic carbocycles. The van der Waals surface area contributed by atoms with Crippen LogP contribution in [0.25, 0.3) is 12.2 Å². The predicted octanol–water partition coefficient (Wildman–Crippen LogP) is 4.96. The number of carbonyl (C=O) groups is 2. The zero-order valence-electron chi connectivity index (χ0n) is 18.5. The summed E-state index contributed by atoms with van der Waals surface area (Å²) in [4.78, 5) is 24.2. The Balaban J connectivity index is 1.46. The highest BCUT2D eigenvalue weighted by molar-refractivity contribution is 5.92. The minimum absolute atomic E-state index is 0.148. The molecular weight excluding hydrogens is 396 g/mol. The first-order valence-corrected chi connectivity index (χ1v) is 10.6. The van der Waals surface area contributed by atoms with Crippen molar-refractivity contribution in [2.75, 3.05) is 0 Å². The lowest BCUT2D eigenvalue weighted by molar-refractivity contribution is -0.117. The number of benzene rings is 3. The molecule has 3 aromatic rings. The first-order valence-electron chi connectivity index (χ1n) is 10.6. The maximum atomic E-state index is 12.1. The van der Waals surface area contributed by atoms with Gasteiger partial charge in [-0.1, -0.05) is 83.9 Å². The normalized spacial score (nSPS) is 11.1. The van der Waals surface area contributed by atoms with Crippen molar-refractivity contribution in [2.45, 2.75) is 26.9 Å². The molecule has 0 aromatic heterocycles. The molecular formula is C28H28N2O2. The summed E-state index contributed by atoms with van der Waals surface area (Å²) in [6.45, 7) is 4.90. The average Bonchev–Trinajstić information content (AvgIpc) is 2.81. The van der Waals surface area contributed by atoms with Gasteiger partial charge in [-0.15, -0.1) is 0 Å². The van der Waals surface area contributed by atoms with Crippen molar-refractivity contribution in [1.29, 1.82) is 0 Å². The Bertz CT molecular complexity index is 1020. The van der Waals surface area contributed by atoms with Gasteiger partial charge in [-0.25, -0.2) is 0 Å². The van der Waals surface area contributed by atoms with Crippen LogP contribution in [0.4, 0.5) is 0 Å². The molecule has 0 saturated heterocycles. The van der Waals surface area contributed by atoms with Gasteiger partial charge in [0.25, 0.3) is 0 Å².